The summed E-state index contributed by atoms with van der Waals surface area (Å²) >= 11 is 2.37. The lowest BCUT2D eigenvalue weighted by Gasteiger charge is -2.10. The summed E-state index contributed by atoms with van der Waals surface area (Å²) in [5, 5.41) is 3.37. The highest BCUT2D eigenvalue weighted by Gasteiger charge is 2.07. The lowest BCUT2D eigenvalue weighted by Crippen LogP contribution is -2.06. The van der Waals surface area contributed by atoms with Gasteiger partial charge in [0.2, 0.25) is 5.95 Å². The molecule has 2 rings (SSSR count). The van der Waals surface area contributed by atoms with Crippen LogP contribution in [0.4, 0.5) is 5.95 Å². The van der Waals surface area contributed by atoms with E-state index >= 15 is 0 Å². The molecule has 3 nitrogen and oxygen atoms in total. The normalized spacial score (nSPS) is 10.7. The molecule has 0 spiro atoms. The van der Waals surface area contributed by atoms with Gasteiger partial charge < -0.3 is 5.32 Å². The highest BCUT2D eigenvalue weighted by atomic mass is 127. The molecule has 0 atom stereocenters. The molecule has 96 valence electrons. The van der Waals surface area contributed by atoms with Crippen LogP contribution in [-0.2, 0) is 0 Å². The number of nitrogens with one attached hydrogen (secondary N) is 1. The standard InChI is InChI=1S/C14H18IN3/c1-4-7-16-14-17-11(3)9-18(14)12-6-5-10(2)13(15)8-12/h5-6,8-9H,4,7H2,1-3H3,(H,16,17). The minimum atomic E-state index is 0.925. The van der Waals surface area contributed by atoms with E-state index in [4.69, 9.17) is 0 Å². The first-order chi connectivity index (χ1) is 8.61. The predicted octanol–water partition coefficient (Wildman–Crippen LogP) is 3.92. The fourth-order valence-corrected chi connectivity index (χ4v) is 2.29. The number of hydrogen-bond donors (Lipinski definition) is 1. The molecule has 0 saturated carbocycles. The monoisotopic (exact) mass is 355 g/mol. The van der Waals surface area contributed by atoms with Gasteiger partial charge >= 0.3 is 0 Å². The van der Waals surface area contributed by atoms with Crippen molar-refractivity contribution in [3.8, 4) is 5.69 Å². The number of aryl methyl sites for hydroxylation is 2. The summed E-state index contributed by atoms with van der Waals surface area (Å²) in [4.78, 5) is 4.53. The minimum absolute atomic E-state index is 0.925. The lowest BCUT2D eigenvalue weighted by atomic mass is 10.2. The van der Waals surface area contributed by atoms with Crippen LogP contribution in [0.2, 0.25) is 0 Å². The van der Waals surface area contributed by atoms with Crippen LogP contribution in [0.25, 0.3) is 5.69 Å². The fraction of sp³-hybridized carbons (Fsp3) is 0.357. The lowest BCUT2D eigenvalue weighted by molar-refractivity contribution is 0.936. The van der Waals surface area contributed by atoms with Gasteiger partial charge in [-0.25, -0.2) is 4.98 Å². The number of rotatable bonds is 4. The molecule has 0 aliphatic rings. The SMILES string of the molecule is CCCNc1nc(C)cn1-c1ccc(C)c(I)c1. The van der Waals surface area contributed by atoms with Gasteiger partial charge in [0.1, 0.15) is 0 Å². The van der Waals surface area contributed by atoms with Gasteiger partial charge in [-0.15, -0.1) is 0 Å². The van der Waals surface area contributed by atoms with Crippen LogP contribution in [0.1, 0.15) is 24.6 Å². The first-order valence-electron chi connectivity index (χ1n) is 6.18. The summed E-state index contributed by atoms with van der Waals surface area (Å²) in [6, 6.07) is 6.47. The summed E-state index contributed by atoms with van der Waals surface area (Å²) in [6.07, 6.45) is 3.16. The van der Waals surface area contributed by atoms with Gasteiger partial charge in [0.05, 0.1) is 5.69 Å². The van der Waals surface area contributed by atoms with E-state index in [1.165, 1.54) is 9.13 Å². The first-order valence-corrected chi connectivity index (χ1v) is 7.26. The Morgan fingerprint density at radius 1 is 1.33 bits per heavy atom. The van der Waals surface area contributed by atoms with E-state index in [1.54, 1.807) is 0 Å². The van der Waals surface area contributed by atoms with Crippen molar-refractivity contribution in [3.63, 3.8) is 0 Å². The molecule has 0 bridgehead atoms. The van der Waals surface area contributed by atoms with Crippen molar-refractivity contribution in [2.75, 3.05) is 11.9 Å². The Kier molecular flexibility index (Phi) is 4.27. The van der Waals surface area contributed by atoms with Gasteiger partial charge in [0, 0.05) is 22.0 Å². The van der Waals surface area contributed by atoms with Gasteiger partial charge in [0.15, 0.2) is 0 Å². The largest absolute Gasteiger partial charge is 0.355 e. The van der Waals surface area contributed by atoms with Gasteiger partial charge in [-0.1, -0.05) is 13.0 Å². The summed E-state index contributed by atoms with van der Waals surface area (Å²) in [5.74, 6) is 0.925. The fourth-order valence-electron chi connectivity index (χ4n) is 1.79. The summed E-state index contributed by atoms with van der Waals surface area (Å²) in [7, 11) is 0. The van der Waals surface area contributed by atoms with Crippen LogP contribution in [-0.4, -0.2) is 16.1 Å². The van der Waals surface area contributed by atoms with Crippen LogP contribution in [0.3, 0.4) is 0 Å². The minimum Gasteiger partial charge on any atom is -0.355 e. The number of hydrogen-bond acceptors (Lipinski definition) is 2. The zero-order chi connectivity index (χ0) is 13.1. The Morgan fingerprint density at radius 2 is 2.11 bits per heavy atom. The molecule has 0 radical (unpaired) electrons. The topological polar surface area (TPSA) is 29.9 Å². The van der Waals surface area contributed by atoms with Crippen LogP contribution in [0.5, 0.6) is 0 Å². The number of halogens is 1. The van der Waals surface area contributed by atoms with E-state index in [0.29, 0.717) is 0 Å². The van der Waals surface area contributed by atoms with E-state index in [-0.39, 0.29) is 0 Å². The zero-order valence-electron chi connectivity index (χ0n) is 11.0. The molecular formula is C14H18IN3. The molecule has 0 unspecified atom stereocenters. The summed E-state index contributed by atoms with van der Waals surface area (Å²) in [5.41, 5.74) is 3.49. The second-order valence-electron chi connectivity index (χ2n) is 4.44. The molecule has 0 amide bonds. The Labute approximate surface area is 122 Å². The van der Waals surface area contributed by atoms with Crippen LogP contribution in [0.15, 0.2) is 24.4 Å². The first kappa shape index (κ1) is 13.4. The second-order valence-corrected chi connectivity index (χ2v) is 5.60. The number of benzene rings is 1. The highest BCUT2D eigenvalue weighted by molar-refractivity contribution is 14.1. The molecule has 2 aromatic rings. The van der Waals surface area contributed by atoms with Gasteiger partial charge in [-0.3, -0.25) is 4.57 Å². The maximum absolute atomic E-state index is 4.53. The number of aromatic nitrogens is 2. The van der Waals surface area contributed by atoms with Gasteiger partial charge in [-0.2, -0.15) is 0 Å². The molecule has 0 aliphatic carbocycles. The maximum atomic E-state index is 4.53. The van der Waals surface area contributed by atoms with Crippen LogP contribution < -0.4 is 5.32 Å². The third kappa shape index (κ3) is 2.85. The third-order valence-corrected chi connectivity index (χ3v) is 3.96. The Balaban J connectivity index is 2.39. The predicted molar refractivity (Wildman–Crippen MR) is 84.5 cm³/mol. The Bertz CT molecular complexity index is 546. The second kappa shape index (κ2) is 5.73. The molecule has 1 N–H and O–H groups in total. The number of anilines is 1. The molecule has 1 aromatic heterocycles. The van der Waals surface area contributed by atoms with Crippen molar-refractivity contribution >= 4 is 28.5 Å². The summed E-state index contributed by atoms with van der Waals surface area (Å²) < 4.78 is 3.39. The third-order valence-electron chi connectivity index (χ3n) is 2.79. The molecule has 18 heavy (non-hydrogen) atoms. The van der Waals surface area contributed by atoms with Crippen molar-refractivity contribution in [1.82, 2.24) is 9.55 Å². The van der Waals surface area contributed by atoms with Crippen molar-refractivity contribution in [2.45, 2.75) is 27.2 Å². The van der Waals surface area contributed by atoms with E-state index in [9.17, 15) is 0 Å². The molecule has 0 aliphatic heterocycles. The summed E-state index contributed by atoms with van der Waals surface area (Å²) in [6.45, 7) is 7.25. The van der Waals surface area contributed by atoms with E-state index in [2.05, 4.69) is 75.7 Å². The van der Waals surface area contributed by atoms with Crippen molar-refractivity contribution in [1.29, 1.82) is 0 Å². The van der Waals surface area contributed by atoms with E-state index < -0.39 is 0 Å². The van der Waals surface area contributed by atoms with Crippen LogP contribution >= 0.6 is 22.6 Å². The molecule has 4 heteroatoms. The van der Waals surface area contributed by atoms with E-state index in [1.807, 2.05) is 6.92 Å². The average Bonchev–Trinajstić information content (AvgIpc) is 2.71. The highest BCUT2D eigenvalue weighted by Crippen LogP contribution is 2.20. The molecule has 1 aromatic carbocycles. The van der Waals surface area contributed by atoms with Crippen molar-refractivity contribution in [3.05, 3.63) is 39.2 Å². The quantitative estimate of drug-likeness (QED) is 0.843. The average molecular weight is 355 g/mol. The Hall–Kier alpha value is -1.04. The molecular weight excluding hydrogens is 337 g/mol. The van der Waals surface area contributed by atoms with E-state index in [0.717, 1.165) is 30.3 Å². The molecule has 1 heterocycles. The zero-order valence-corrected chi connectivity index (χ0v) is 13.2. The number of imidazole rings is 1. The maximum Gasteiger partial charge on any atom is 0.207 e. The van der Waals surface area contributed by atoms with Crippen molar-refractivity contribution < 1.29 is 0 Å². The van der Waals surface area contributed by atoms with Gasteiger partial charge in [-0.05, 0) is 60.6 Å². The smallest absolute Gasteiger partial charge is 0.207 e. The van der Waals surface area contributed by atoms with Crippen molar-refractivity contribution in [2.24, 2.45) is 0 Å². The Morgan fingerprint density at radius 3 is 2.78 bits per heavy atom. The molecule has 0 fully saturated rings. The molecule has 0 saturated heterocycles. The number of nitrogens with zero attached hydrogens (tertiary/aromatic N) is 2. The van der Waals surface area contributed by atoms with Crippen LogP contribution in [0, 0.1) is 17.4 Å². The van der Waals surface area contributed by atoms with Gasteiger partial charge in [0.25, 0.3) is 0 Å².